The molecule has 18 heavy (non-hydrogen) atoms. The minimum absolute atomic E-state index is 0.263. The third-order valence-corrected chi connectivity index (χ3v) is 5.41. The first-order valence-corrected chi connectivity index (χ1v) is 7.30. The molecule has 1 N–H and O–H groups in total. The van der Waals surface area contributed by atoms with Gasteiger partial charge in [0.05, 0.1) is 12.7 Å². The van der Waals surface area contributed by atoms with Crippen molar-refractivity contribution in [3.8, 4) is 0 Å². The van der Waals surface area contributed by atoms with Gasteiger partial charge in [-0.05, 0) is 36.5 Å². The summed E-state index contributed by atoms with van der Waals surface area (Å²) in [6, 6.07) is 5.76. The molecule has 3 nitrogen and oxygen atoms in total. The number of carbonyl (C=O) groups excluding carboxylic acids is 1. The molecule has 4 heteroatoms. The standard InChI is InChI=1S/C14H17NO2S/c1-17-13(16)10-3-4-11-12(7-10)18-9-14(8-15-11)5-2-6-14/h3-4,7,15H,2,5-6,8-9H2,1H3. The summed E-state index contributed by atoms with van der Waals surface area (Å²) in [6.07, 6.45) is 4.00. The molecule has 1 aromatic carbocycles. The average molecular weight is 263 g/mol. The first-order valence-electron chi connectivity index (χ1n) is 6.32. The first-order chi connectivity index (χ1) is 8.72. The van der Waals surface area contributed by atoms with Gasteiger partial charge in [-0.3, -0.25) is 0 Å². The molecule has 0 amide bonds. The second kappa shape index (κ2) is 4.50. The van der Waals surface area contributed by atoms with Gasteiger partial charge < -0.3 is 10.1 Å². The van der Waals surface area contributed by atoms with Gasteiger partial charge in [0.15, 0.2) is 0 Å². The highest BCUT2D eigenvalue weighted by molar-refractivity contribution is 7.99. The van der Waals surface area contributed by atoms with Gasteiger partial charge in [-0.25, -0.2) is 4.79 Å². The van der Waals surface area contributed by atoms with Crippen molar-refractivity contribution in [1.82, 2.24) is 0 Å². The Hall–Kier alpha value is -1.16. The van der Waals surface area contributed by atoms with Crippen LogP contribution in [-0.4, -0.2) is 25.4 Å². The van der Waals surface area contributed by atoms with E-state index in [1.165, 1.54) is 31.3 Å². The SMILES string of the molecule is COC(=O)c1ccc2c(c1)SCC1(CCC1)CN2. The van der Waals surface area contributed by atoms with Gasteiger partial charge in [-0.15, -0.1) is 11.8 Å². The molecular weight excluding hydrogens is 246 g/mol. The van der Waals surface area contributed by atoms with Crippen LogP contribution in [0.1, 0.15) is 29.6 Å². The molecule has 0 radical (unpaired) electrons. The number of rotatable bonds is 1. The number of hydrogen-bond donors (Lipinski definition) is 1. The lowest BCUT2D eigenvalue weighted by molar-refractivity contribution is 0.0600. The van der Waals surface area contributed by atoms with E-state index in [4.69, 9.17) is 4.74 Å². The van der Waals surface area contributed by atoms with Gasteiger partial charge in [-0.1, -0.05) is 6.42 Å². The lowest BCUT2D eigenvalue weighted by Gasteiger charge is -2.40. The Kier molecular flexibility index (Phi) is 2.98. The minimum atomic E-state index is -0.263. The number of methoxy groups -OCH3 is 1. The normalized spacial score (nSPS) is 20.3. The molecule has 1 aromatic rings. The van der Waals surface area contributed by atoms with Crippen LogP contribution in [0.15, 0.2) is 23.1 Å². The van der Waals surface area contributed by atoms with Gasteiger partial charge in [0, 0.05) is 22.9 Å². The molecule has 2 aliphatic rings. The van der Waals surface area contributed by atoms with Crippen molar-refractivity contribution in [3.05, 3.63) is 23.8 Å². The molecule has 0 atom stereocenters. The highest BCUT2D eigenvalue weighted by Gasteiger charge is 2.38. The topological polar surface area (TPSA) is 38.3 Å². The molecule has 0 unspecified atom stereocenters. The van der Waals surface area contributed by atoms with E-state index in [1.54, 1.807) is 0 Å². The highest BCUT2D eigenvalue weighted by Crippen LogP contribution is 2.48. The molecule has 1 heterocycles. The zero-order valence-electron chi connectivity index (χ0n) is 10.5. The van der Waals surface area contributed by atoms with E-state index in [2.05, 4.69) is 5.32 Å². The van der Waals surface area contributed by atoms with Crippen LogP contribution < -0.4 is 5.32 Å². The number of esters is 1. The van der Waals surface area contributed by atoms with Gasteiger partial charge in [0.25, 0.3) is 0 Å². The van der Waals surface area contributed by atoms with E-state index in [-0.39, 0.29) is 5.97 Å². The molecule has 1 aliphatic heterocycles. The molecule has 1 aliphatic carbocycles. The Balaban J connectivity index is 1.85. The average Bonchev–Trinajstić information content (AvgIpc) is 2.56. The van der Waals surface area contributed by atoms with Crippen molar-refractivity contribution in [1.29, 1.82) is 0 Å². The fourth-order valence-corrected chi connectivity index (χ4v) is 3.95. The summed E-state index contributed by atoms with van der Waals surface area (Å²) >= 11 is 1.86. The number of anilines is 1. The van der Waals surface area contributed by atoms with Crippen LogP contribution in [-0.2, 0) is 4.74 Å². The fraction of sp³-hybridized carbons (Fsp3) is 0.500. The summed E-state index contributed by atoms with van der Waals surface area (Å²) in [5.41, 5.74) is 2.27. The summed E-state index contributed by atoms with van der Waals surface area (Å²) in [5.74, 6) is 0.887. The lowest BCUT2D eigenvalue weighted by atomic mass is 9.70. The van der Waals surface area contributed by atoms with Crippen molar-refractivity contribution < 1.29 is 9.53 Å². The van der Waals surface area contributed by atoms with Crippen molar-refractivity contribution in [3.63, 3.8) is 0 Å². The van der Waals surface area contributed by atoms with Crippen LogP contribution in [0.2, 0.25) is 0 Å². The summed E-state index contributed by atoms with van der Waals surface area (Å²) in [7, 11) is 1.42. The number of fused-ring (bicyclic) bond motifs is 1. The molecule has 96 valence electrons. The minimum Gasteiger partial charge on any atom is -0.465 e. The highest BCUT2D eigenvalue weighted by atomic mass is 32.2. The predicted molar refractivity (Wildman–Crippen MR) is 73.3 cm³/mol. The van der Waals surface area contributed by atoms with Gasteiger partial charge >= 0.3 is 5.97 Å². The Morgan fingerprint density at radius 1 is 1.44 bits per heavy atom. The smallest absolute Gasteiger partial charge is 0.337 e. The zero-order valence-corrected chi connectivity index (χ0v) is 11.3. The van der Waals surface area contributed by atoms with Crippen molar-refractivity contribution in [2.24, 2.45) is 5.41 Å². The Labute approximate surface area is 111 Å². The molecule has 1 saturated carbocycles. The number of thioether (sulfide) groups is 1. The summed E-state index contributed by atoms with van der Waals surface area (Å²) < 4.78 is 4.76. The van der Waals surface area contributed by atoms with Crippen molar-refractivity contribution in [2.75, 3.05) is 24.7 Å². The van der Waals surface area contributed by atoms with Crippen molar-refractivity contribution in [2.45, 2.75) is 24.2 Å². The molecule has 1 spiro atoms. The molecule has 0 bridgehead atoms. The quantitative estimate of drug-likeness (QED) is 0.790. The summed E-state index contributed by atoms with van der Waals surface area (Å²) in [5, 5.41) is 3.53. The largest absolute Gasteiger partial charge is 0.465 e. The maximum Gasteiger partial charge on any atom is 0.337 e. The fourth-order valence-electron chi connectivity index (χ4n) is 2.60. The van der Waals surface area contributed by atoms with E-state index >= 15 is 0 Å². The predicted octanol–water partition coefficient (Wildman–Crippen LogP) is 3.16. The first kappa shape index (κ1) is 11.9. The summed E-state index contributed by atoms with van der Waals surface area (Å²) in [4.78, 5) is 12.7. The zero-order chi connectivity index (χ0) is 12.6. The van der Waals surface area contributed by atoms with E-state index in [1.807, 2.05) is 30.0 Å². The van der Waals surface area contributed by atoms with Crippen LogP contribution in [0.5, 0.6) is 0 Å². The molecule has 0 aromatic heterocycles. The third kappa shape index (κ3) is 1.99. The Morgan fingerprint density at radius 3 is 2.94 bits per heavy atom. The molecule has 0 saturated heterocycles. The van der Waals surface area contributed by atoms with Crippen LogP contribution >= 0.6 is 11.8 Å². The number of benzene rings is 1. The number of carbonyl (C=O) groups is 1. The van der Waals surface area contributed by atoms with E-state index in [9.17, 15) is 4.79 Å². The number of ether oxygens (including phenoxy) is 1. The van der Waals surface area contributed by atoms with E-state index < -0.39 is 0 Å². The Bertz CT molecular complexity index is 483. The van der Waals surface area contributed by atoms with E-state index in [0.717, 1.165) is 18.0 Å². The van der Waals surface area contributed by atoms with Crippen LogP contribution in [0, 0.1) is 5.41 Å². The molecular formula is C14H17NO2S. The maximum absolute atomic E-state index is 11.5. The summed E-state index contributed by atoms with van der Waals surface area (Å²) in [6.45, 7) is 1.06. The van der Waals surface area contributed by atoms with Gasteiger partial charge in [0.2, 0.25) is 0 Å². The molecule has 3 rings (SSSR count). The van der Waals surface area contributed by atoms with Crippen molar-refractivity contribution >= 4 is 23.4 Å². The van der Waals surface area contributed by atoms with Crippen LogP contribution in [0.25, 0.3) is 0 Å². The van der Waals surface area contributed by atoms with Crippen LogP contribution in [0.3, 0.4) is 0 Å². The second-order valence-corrected chi connectivity index (χ2v) is 6.22. The molecule has 1 fully saturated rings. The van der Waals surface area contributed by atoms with Gasteiger partial charge in [0.1, 0.15) is 0 Å². The maximum atomic E-state index is 11.5. The second-order valence-electron chi connectivity index (χ2n) is 5.20. The Morgan fingerprint density at radius 2 is 2.28 bits per heavy atom. The monoisotopic (exact) mass is 263 g/mol. The lowest BCUT2D eigenvalue weighted by Crippen LogP contribution is -2.37. The van der Waals surface area contributed by atoms with Gasteiger partial charge in [-0.2, -0.15) is 0 Å². The third-order valence-electron chi connectivity index (χ3n) is 4.00. The number of hydrogen-bond acceptors (Lipinski definition) is 4. The van der Waals surface area contributed by atoms with E-state index in [0.29, 0.717) is 11.0 Å². The number of nitrogens with one attached hydrogen (secondary N) is 1. The van der Waals surface area contributed by atoms with Crippen LogP contribution in [0.4, 0.5) is 5.69 Å².